The van der Waals surface area contributed by atoms with Crippen molar-refractivity contribution in [1.82, 2.24) is 0 Å². The van der Waals surface area contributed by atoms with Crippen LogP contribution in [-0.2, 0) is 0 Å². The van der Waals surface area contributed by atoms with Crippen molar-refractivity contribution >= 4 is 88.6 Å². The molecule has 0 N–H and O–H groups in total. The van der Waals surface area contributed by atoms with Crippen LogP contribution in [0, 0.1) is 31.3 Å². The van der Waals surface area contributed by atoms with Crippen molar-refractivity contribution in [1.29, 1.82) is 0 Å². The van der Waals surface area contributed by atoms with Crippen molar-refractivity contribution in [3.63, 3.8) is 0 Å². The predicted molar refractivity (Wildman–Crippen MR) is 225 cm³/mol. The Hall–Kier alpha value is -1.88. The SMILES string of the molecule is CCCCC[I-]c1cc(C)c(N(c2ccc(Br)cc2)c2ccc(N(c3ccc(Br)cc3)c3c(C)cc(C(I)CCC)cc3C)cc2)c(C)c1. The molecule has 0 bridgehead atoms. The quantitative estimate of drug-likeness (QED) is 0.0621. The average Bonchev–Trinajstić information content (AvgIpc) is 3.08. The molecule has 0 saturated carbocycles. The van der Waals surface area contributed by atoms with E-state index in [9.17, 15) is 0 Å². The maximum absolute atomic E-state index is 3.66. The first-order valence-corrected chi connectivity index (χ1v) is 22.7. The van der Waals surface area contributed by atoms with Crippen LogP contribution in [0.3, 0.4) is 0 Å². The summed E-state index contributed by atoms with van der Waals surface area (Å²) in [5, 5.41) is 0. The number of rotatable bonds is 14. The predicted octanol–water partition coefficient (Wildman–Crippen LogP) is 12.1. The van der Waals surface area contributed by atoms with Crippen LogP contribution >= 0.6 is 54.5 Å². The van der Waals surface area contributed by atoms with Crippen molar-refractivity contribution < 1.29 is 21.2 Å². The second-order valence-corrected chi connectivity index (χ2v) is 19.2. The first-order chi connectivity index (χ1) is 23.6. The number of hydrogen-bond donors (Lipinski definition) is 0. The number of hydrogen-bond acceptors (Lipinski definition) is 2. The van der Waals surface area contributed by atoms with E-state index in [4.69, 9.17) is 0 Å². The van der Waals surface area contributed by atoms with Crippen LogP contribution in [0.4, 0.5) is 34.1 Å². The summed E-state index contributed by atoms with van der Waals surface area (Å²) in [6.45, 7) is 13.7. The molecule has 5 aromatic carbocycles. The van der Waals surface area contributed by atoms with Gasteiger partial charge in [-0.25, -0.2) is 0 Å². The van der Waals surface area contributed by atoms with Crippen LogP contribution in [0.2, 0.25) is 0 Å². The molecule has 0 aromatic heterocycles. The molecule has 0 aliphatic heterocycles. The van der Waals surface area contributed by atoms with Crippen LogP contribution in [0.25, 0.3) is 0 Å². The number of anilines is 6. The van der Waals surface area contributed by atoms with Gasteiger partial charge in [-0.1, -0.05) is 64.0 Å². The van der Waals surface area contributed by atoms with Crippen LogP contribution in [0.15, 0.2) is 106 Å². The van der Waals surface area contributed by atoms with E-state index in [1.165, 1.54) is 75.7 Å². The second-order valence-electron chi connectivity index (χ2n) is 12.8. The van der Waals surface area contributed by atoms with Crippen molar-refractivity contribution in [2.24, 2.45) is 0 Å². The molecule has 5 rings (SSSR count). The number of alkyl halides is 2. The Kier molecular flexibility index (Phi) is 14.1. The van der Waals surface area contributed by atoms with Crippen LogP contribution < -0.4 is 31.0 Å². The van der Waals surface area contributed by atoms with Gasteiger partial charge in [0, 0.05) is 8.40 Å². The standard InChI is InChI=1S/C43H47Br2I2N2/c1-7-9-10-24-47-36-27-31(5)43(32(6)28-36)49(38-18-14-35(45)15-19-38)40-22-20-39(21-23-40)48(37-16-12-34(44)13-17-37)42-29(3)25-33(26-30(42)4)41(46)11-8-2/h12-23,25-28,41H,7-11,24H2,1-6H3/q-1. The van der Waals surface area contributed by atoms with E-state index in [0.29, 0.717) is 3.92 Å². The van der Waals surface area contributed by atoms with Gasteiger partial charge in [0.2, 0.25) is 0 Å². The molecule has 0 heterocycles. The second kappa shape index (κ2) is 18.1. The normalized spacial score (nSPS) is 11.9. The zero-order chi connectivity index (χ0) is 35.1. The van der Waals surface area contributed by atoms with E-state index in [1.807, 2.05) is 0 Å². The van der Waals surface area contributed by atoms with Gasteiger partial charge in [-0.3, -0.25) is 0 Å². The summed E-state index contributed by atoms with van der Waals surface area (Å²) in [6.07, 6.45) is 6.34. The molecular weight excluding hydrogens is 958 g/mol. The monoisotopic (exact) mass is 1000 g/mol. The molecule has 1 atom stereocenters. The zero-order valence-electron chi connectivity index (χ0n) is 29.5. The molecule has 0 aliphatic rings. The van der Waals surface area contributed by atoms with E-state index in [0.717, 1.165) is 31.7 Å². The van der Waals surface area contributed by atoms with Gasteiger partial charge in [-0.2, -0.15) is 0 Å². The fourth-order valence-corrected chi connectivity index (χ4v) is 11.0. The fourth-order valence-electron chi connectivity index (χ4n) is 6.54. The summed E-state index contributed by atoms with van der Waals surface area (Å²) < 4.78 is 5.58. The summed E-state index contributed by atoms with van der Waals surface area (Å²) in [6, 6.07) is 36.2. The van der Waals surface area contributed by atoms with Gasteiger partial charge in [-0.15, -0.1) is 0 Å². The van der Waals surface area contributed by atoms with E-state index >= 15 is 0 Å². The Morgan fingerprint density at radius 3 is 1.35 bits per heavy atom. The Morgan fingerprint density at radius 1 is 0.571 bits per heavy atom. The van der Waals surface area contributed by atoms with E-state index in [-0.39, 0.29) is 21.2 Å². The third kappa shape index (κ3) is 9.52. The van der Waals surface area contributed by atoms with Crippen LogP contribution in [0.1, 0.15) is 77.7 Å². The Balaban J connectivity index is 1.59. The van der Waals surface area contributed by atoms with E-state index in [2.05, 4.69) is 203 Å². The maximum atomic E-state index is 3.66. The summed E-state index contributed by atoms with van der Waals surface area (Å²) in [5.41, 5.74) is 13.8. The van der Waals surface area contributed by atoms with Gasteiger partial charge < -0.3 is 0 Å². The molecule has 1 unspecified atom stereocenters. The van der Waals surface area contributed by atoms with Crippen molar-refractivity contribution in [3.05, 3.63) is 137 Å². The first kappa shape index (κ1) is 38.4. The van der Waals surface area contributed by atoms with Gasteiger partial charge >= 0.3 is 229 Å². The molecule has 0 amide bonds. The first-order valence-electron chi connectivity index (χ1n) is 17.3. The summed E-state index contributed by atoms with van der Waals surface area (Å²) >= 11 is 9.96. The molecule has 0 aliphatic carbocycles. The van der Waals surface area contributed by atoms with Crippen molar-refractivity contribution in [2.75, 3.05) is 14.2 Å². The topological polar surface area (TPSA) is 6.48 Å². The average molecular weight is 1010 g/mol. The molecule has 2 nitrogen and oxygen atoms in total. The van der Waals surface area contributed by atoms with E-state index in [1.54, 1.807) is 3.57 Å². The third-order valence-corrected chi connectivity index (χ3v) is 14.0. The molecule has 0 fully saturated rings. The Labute approximate surface area is 335 Å². The van der Waals surface area contributed by atoms with Crippen LogP contribution in [0.5, 0.6) is 0 Å². The number of unbranched alkanes of at least 4 members (excludes halogenated alkanes) is 2. The molecule has 0 saturated heterocycles. The number of benzene rings is 5. The molecule has 49 heavy (non-hydrogen) atoms. The molecule has 5 aromatic rings. The third-order valence-electron chi connectivity index (χ3n) is 8.84. The summed E-state index contributed by atoms with van der Waals surface area (Å²) in [7, 11) is 0. The number of nitrogens with zero attached hydrogens (tertiary/aromatic N) is 2. The van der Waals surface area contributed by atoms with Gasteiger partial charge in [0.05, 0.1) is 0 Å². The van der Waals surface area contributed by atoms with Crippen molar-refractivity contribution in [2.45, 2.75) is 77.6 Å². The Bertz CT molecular complexity index is 1790. The van der Waals surface area contributed by atoms with Crippen LogP contribution in [-0.4, -0.2) is 4.43 Å². The van der Waals surface area contributed by atoms with Gasteiger partial charge in [-0.05, 0) is 38.0 Å². The zero-order valence-corrected chi connectivity index (χ0v) is 37.0. The van der Waals surface area contributed by atoms with Gasteiger partial charge in [0.25, 0.3) is 0 Å². The molecule has 0 radical (unpaired) electrons. The molecular formula is C43H47Br2I2N2-. The minimum absolute atomic E-state index is 0.0264. The number of aryl methyl sites for hydroxylation is 4. The molecule has 0 spiro atoms. The Morgan fingerprint density at radius 2 is 0.959 bits per heavy atom. The molecule has 258 valence electrons. The molecule has 6 heteroatoms. The van der Waals surface area contributed by atoms with E-state index < -0.39 is 0 Å². The van der Waals surface area contributed by atoms with Crippen molar-refractivity contribution in [3.8, 4) is 0 Å². The fraction of sp³-hybridized carbons (Fsp3) is 0.302. The number of halogens is 4. The summed E-state index contributed by atoms with van der Waals surface area (Å²) in [5.74, 6) is 0. The summed E-state index contributed by atoms with van der Waals surface area (Å²) in [4.78, 5) is 4.85. The van der Waals surface area contributed by atoms with Gasteiger partial charge in [0.1, 0.15) is 0 Å². The van der Waals surface area contributed by atoms with Gasteiger partial charge in [0.15, 0.2) is 0 Å². The minimum atomic E-state index is 0.0264.